The van der Waals surface area contributed by atoms with Gasteiger partial charge in [-0.15, -0.1) is 0 Å². The number of nitrogens with zero attached hydrogens (tertiary/aromatic N) is 4. The molecular formula is C27H19ClN4O5S. The minimum atomic E-state index is -0.866. The van der Waals surface area contributed by atoms with Crippen LogP contribution in [0, 0.1) is 0 Å². The van der Waals surface area contributed by atoms with Gasteiger partial charge in [0, 0.05) is 17.2 Å². The lowest BCUT2D eigenvalue weighted by molar-refractivity contribution is -0.672. The van der Waals surface area contributed by atoms with E-state index in [0.29, 0.717) is 27.7 Å². The van der Waals surface area contributed by atoms with Crippen molar-refractivity contribution in [3.05, 3.63) is 101 Å². The number of hydrogen-bond acceptors (Lipinski definition) is 8. The molecule has 0 saturated carbocycles. The molecule has 5 rings (SSSR count). The van der Waals surface area contributed by atoms with Crippen LogP contribution >= 0.6 is 23.4 Å². The fourth-order valence-corrected chi connectivity index (χ4v) is 4.78. The first-order chi connectivity index (χ1) is 18.5. The van der Waals surface area contributed by atoms with E-state index in [2.05, 4.69) is 10.3 Å². The van der Waals surface area contributed by atoms with E-state index in [1.165, 1.54) is 12.0 Å². The lowest BCUT2D eigenvalue weighted by atomic mass is 10.2. The molecule has 0 bridgehead atoms. The van der Waals surface area contributed by atoms with Crippen LogP contribution in [-0.2, 0) is 4.79 Å². The number of halogens is 1. The zero-order valence-electron chi connectivity index (χ0n) is 19.9. The summed E-state index contributed by atoms with van der Waals surface area (Å²) >= 11 is 7.30. The molecule has 0 spiro atoms. The molecule has 4 aromatic rings. The van der Waals surface area contributed by atoms with Crippen LogP contribution in [0.2, 0.25) is 5.02 Å². The van der Waals surface area contributed by atoms with Crippen LogP contribution in [0.4, 0.5) is 5.69 Å². The highest BCUT2D eigenvalue weighted by Gasteiger charge is 2.34. The van der Waals surface area contributed by atoms with E-state index in [9.17, 15) is 14.7 Å². The summed E-state index contributed by atoms with van der Waals surface area (Å²) in [4.78, 5) is 32.5. The Kier molecular flexibility index (Phi) is 7.25. The quantitative estimate of drug-likeness (QED) is 0.195. The van der Waals surface area contributed by atoms with Crippen molar-refractivity contribution < 1.29 is 28.6 Å². The van der Waals surface area contributed by atoms with Gasteiger partial charge in [0.05, 0.1) is 23.8 Å². The number of aliphatic imine (C=N–C) groups is 1. The van der Waals surface area contributed by atoms with Crippen molar-refractivity contribution >= 4 is 52.0 Å². The highest BCUT2D eigenvalue weighted by atomic mass is 35.5. The van der Waals surface area contributed by atoms with Crippen molar-refractivity contribution in [2.75, 3.05) is 17.8 Å². The van der Waals surface area contributed by atoms with Crippen LogP contribution in [0.3, 0.4) is 0 Å². The standard InChI is InChI=1S/C27H19ClN4O5S/c1-36-20-13-11-19(12-14-20)32-24(26(35)37-30-32)23(33)16-38-27-29-22(15-17-7-5-6-10-21(17)28)25(34)31(27)18-8-3-2-4-9-18/h2-15H,16H2,1H3/b22-15+. The molecule has 9 nitrogen and oxygen atoms in total. The summed E-state index contributed by atoms with van der Waals surface area (Å²) in [6.45, 7) is 0. The minimum absolute atomic E-state index is 0.166. The van der Waals surface area contributed by atoms with Gasteiger partial charge in [-0.25, -0.2) is 4.99 Å². The first-order valence-electron chi connectivity index (χ1n) is 11.3. The number of rotatable bonds is 7. The molecule has 0 fully saturated rings. The van der Waals surface area contributed by atoms with Crippen LogP contribution in [0.15, 0.2) is 94.1 Å². The van der Waals surface area contributed by atoms with Gasteiger partial charge in [0.1, 0.15) is 11.4 Å². The Hall–Kier alpha value is -4.41. The number of hydrogen-bond donors (Lipinski definition) is 0. The number of benzene rings is 3. The van der Waals surface area contributed by atoms with E-state index < -0.39 is 11.7 Å². The van der Waals surface area contributed by atoms with Crippen LogP contribution < -0.4 is 19.4 Å². The van der Waals surface area contributed by atoms with Crippen LogP contribution in [0.25, 0.3) is 11.8 Å². The topological polar surface area (TPSA) is 112 Å². The summed E-state index contributed by atoms with van der Waals surface area (Å²) in [6.07, 6.45) is 1.60. The Labute approximate surface area is 226 Å². The van der Waals surface area contributed by atoms with Crippen LogP contribution in [0.1, 0.15) is 16.1 Å². The number of ether oxygens (including phenoxy) is 1. The third-order valence-electron chi connectivity index (χ3n) is 5.57. The molecule has 0 atom stereocenters. The molecule has 0 saturated heterocycles. The molecule has 2 heterocycles. The van der Waals surface area contributed by atoms with Gasteiger partial charge in [-0.2, -0.15) is 0 Å². The number of Topliss-reactive ketones (excluding diaryl/α,β-unsaturated/α-hetero) is 1. The zero-order valence-corrected chi connectivity index (χ0v) is 21.5. The maximum atomic E-state index is 13.4. The molecule has 1 aliphatic rings. The van der Waals surface area contributed by atoms with E-state index >= 15 is 0 Å². The number of thioether (sulfide) groups is 1. The highest BCUT2D eigenvalue weighted by molar-refractivity contribution is 8.14. The Morgan fingerprint density at radius 3 is 2.53 bits per heavy atom. The molecule has 1 aliphatic heterocycles. The van der Waals surface area contributed by atoms with E-state index in [1.54, 1.807) is 72.8 Å². The molecule has 0 unspecified atom stereocenters. The fraction of sp³-hybridized carbons (Fsp3) is 0.0741. The molecule has 3 aromatic carbocycles. The van der Waals surface area contributed by atoms with E-state index in [1.807, 2.05) is 12.1 Å². The van der Waals surface area contributed by atoms with Crippen LogP contribution in [0.5, 0.6) is 11.7 Å². The summed E-state index contributed by atoms with van der Waals surface area (Å²) in [5.41, 5.74) is 1.60. The predicted octanol–water partition coefficient (Wildman–Crippen LogP) is 4.05. The number of amidine groups is 1. The van der Waals surface area contributed by atoms with Gasteiger partial charge in [0.25, 0.3) is 5.91 Å². The largest absolute Gasteiger partial charge is 0.539 e. The fourth-order valence-electron chi connectivity index (χ4n) is 3.72. The second-order valence-corrected chi connectivity index (χ2v) is 9.30. The number of aromatic nitrogens is 2. The van der Waals surface area contributed by atoms with Gasteiger partial charge in [-0.1, -0.05) is 59.8 Å². The van der Waals surface area contributed by atoms with E-state index in [0.717, 1.165) is 16.4 Å². The average Bonchev–Trinajstić information content (AvgIpc) is 3.48. The Balaban J connectivity index is 1.43. The summed E-state index contributed by atoms with van der Waals surface area (Å²) < 4.78 is 11.1. The lowest BCUT2D eigenvalue weighted by Gasteiger charge is -2.17. The maximum absolute atomic E-state index is 13.4. The summed E-state index contributed by atoms with van der Waals surface area (Å²) in [7, 11) is 1.53. The average molecular weight is 547 g/mol. The van der Waals surface area contributed by atoms with Gasteiger partial charge in [0.15, 0.2) is 11.1 Å². The van der Waals surface area contributed by atoms with Crippen molar-refractivity contribution in [3.8, 4) is 17.4 Å². The Morgan fingerprint density at radius 2 is 1.82 bits per heavy atom. The molecule has 38 heavy (non-hydrogen) atoms. The SMILES string of the molecule is COc1ccc(-[n+]2noc([O-])c2C(=O)CSC2=N/C(=C/c3ccccc3Cl)C(=O)N2c2ccccc2)cc1. The second-order valence-electron chi connectivity index (χ2n) is 7.95. The van der Waals surface area contributed by atoms with E-state index in [4.69, 9.17) is 20.9 Å². The number of amides is 1. The molecule has 0 aliphatic carbocycles. The molecule has 1 amide bonds. The number of methoxy groups -OCH3 is 1. The second kappa shape index (κ2) is 10.9. The number of carbonyl (C=O) groups excluding carboxylic acids is 2. The summed E-state index contributed by atoms with van der Waals surface area (Å²) in [5, 5.41) is 16.9. The zero-order chi connectivity index (χ0) is 26.6. The molecule has 0 N–H and O–H groups in total. The van der Waals surface area contributed by atoms with Gasteiger partial charge < -0.3 is 14.4 Å². The number of para-hydroxylation sites is 1. The number of anilines is 1. The normalized spacial score (nSPS) is 14.2. The van der Waals surface area contributed by atoms with Crippen molar-refractivity contribution in [2.45, 2.75) is 0 Å². The summed E-state index contributed by atoms with van der Waals surface area (Å²) in [5.74, 6) is -1.36. The monoisotopic (exact) mass is 546 g/mol. The highest BCUT2D eigenvalue weighted by Crippen LogP contribution is 2.31. The Bertz CT molecular complexity index is 1570. The van der Waals surface area contributed by atoms with Crippen molar-refractivity contribution in [3.63, 3.8) is 0 Å². The maximum Gasteiger partial charge on any atom is 0.307 e. The third-order valence-corrected chi connectivity index (χ3v) is 6.85. The molecule has 1 aromatic heterocycles. The predicted molar refractivity (Wildman–Crippen MR) is 142 cm³/mol. The van der Waals surface area contributed by atoms with Crippen molar-refractivity contribution in [1.29, 1.82) is 0 Å². The van der Waals surface area contributed by atoms with Crippen molar-refractivity contribution in [2.24, 2.45) is 4.99 Å². The van der Waals surface area contributed by atoms with Crippen LogP contribution in [-0.4, -0.2) is 35.0 Å². The Morgan fingerprint density at radius 1 is 1.11 bits per heavy atom. The van der Waals surface area contributed by atoms with Gasteiger partial charge >= 0.3 is 5.69 Å². The third kappa shape index (κ3) is 5.04. The molecular weight excluding hydrogens is 528 g/mol. The van der Waals surface area contributed by atoms with Gasteiger partial charge in [0.2, 0.25) is 11.5 Å². The smallest absolute Gasteiger partial charge is 0.307 e. The number of ketones is 1. The molecule has 0 radical (unpaired) electrons. The van der Waals surface area contributed by atoms with Gasteiger partial charge in [-0.3, -0.25) is 14.5 Å². The summed E-state index contributed by atoms with van der Waals surface area (Å²) in [6, 6.07) is 22.7. The number of carbonyl (C=O) groups is 2. The van der Waals surface area contributed by atoms with E-state index in [-0.39, 0.29) is 28.2 Å². The lowest BCUT2D eigenvalue weighted by Crippen LogP contribution is -2.39. The van der Waals surface area contributed by atoms with Crippen molar-refractivity contribution in [1.82, 2.24) is 5.27 Å². The first-order valence-corrected chi connectivity index (χ1v) is 12.7. The van der Waals surface area contributed by atoms with Gasteiger partial charge in [-0.05, 0) is 46.7 Å². The molecule has 11 heteroatoms. The first kappa shape index (κ1) is 25.2. The minimum Gasteiger partial charge on any atom is -0.539 e. The molecule has 190 valence electrons.